The molecule has 1 aromatic heterocycles. The summed E-state index contributed by atoms with van der Waals surface area (Å²) < 4.78 is 1.21. The number of hydrogen-bond acceptors (Lipinski definition) is 3. The number of benzene rings is 1. The first-order chi connectivity index (χ1) is 7.65. The van der Waals surface area contributed by atoms with Crippen LogP contribution in [0.15, 0.2) is 30.5 Å². The molecule has 2 nitrogen and oxygen atoms in total. The lowest BCUT2D eigenvalue weighted by Gasteiger charge is -2.07. The number of nitrogens with zero attached hydrogens (tertiary/aromatic N) is 1. The predicted molar refractivity (Wildman–Crippen MR) is 74.7 cm³/mol. The van der Waals surface area contributed by atoms with E-state index in [4.69, 9.17) is 0 Å². The average molecular weight is 345 g/mol. The molecule has 1 heterocycles. The molecule has 16 heavy (non-hydrogen) atoms. The fraction of sp³-hybridized carbons (Fsp3) is 0.250. The zero-order valence-electron chi connectivity index (χ0n) is 8.85. The molecule has 0 radical (unpaired) electrons. The first-order valence-corrected chi connectivity index (χ1v) is 6.89. The highest BCUT2D eigenvalue weighted by molar-refractivity contribution is 14.1. The van der Waals surface area contributed by atoms with Gasteiger partial charge in [0, 0.05) is 16.2 Å². The molecular weight excluding hydrogens is 333 g/mol. The quantitative estimate of drug-likeness (QED) is 0.866. The van der Waals surface area contributed by atoms with Crippen LogP contribution in [0.1, 0.15) is 21.6 Å². The van der Waals surface area contributed by atoms with Gasteiger partial charge in [-0.15, -0.1) is 11.3 Å². The third-order valence-corrected chi connectivity index (χ3v) is 4.04. The molecule has 2 rings (SSSR count). The summed E-state index contributed by atoms with van der Waals surface area (Å²) in [5.41, 5.74) is 1.15. The van der Waals surface area contributed by atoms with Gasteiger partial charge in [-0.1, -0.05) is 12.1 Å². The Morgan fingerprint density at radius 1 is 1.38 bits per heavy atom. The second kappa shape index (κ2) is 5.25. The molecule has 1 unspecified atom stereocenters. The van der Waals surface area contributed by atoms with Crippen molar-refractivity contribution in [3.8, 4) is 0 Å². The van der Waals surface area contributed by atoms with Gasteiger partial charge in [0.05, 0.1) is 16.0 Å². The molecule has 0 aliphatic heterocycles. The molecule has 0 aliphatic carbocycles. The lowest BCUT2D eigenvalue weighted by atomic mass is 10.1. The van der Waals surface area contributed by atoms with Gasteiger partial charge >= 0.3 is 0 Å². The van der Waals surface area contributed by atoms with Gasteiger partial charge in [0.25, 0.3) is 0 Å². The van der Waals surface area contributed by atoms with E-state index < -0.39 is 6.10 Å². The molecule has 0 fully saturated rings. The summed E-state index contributed by atoms with van der Waals surface area (Å²) in [6, 6.07) is 8.22. The Morgan fingerprint density at radius 2 is 2.06 bits per heavy atom. The Labute approximate surface area is 112 Å². The summed E-state index contributed by atoms with van der Waals surface area (Å²) in [4.78, 5) is 5.09. The average Bonchev–Trinajstić information content (AvgIpc) is 2.68. The van der Waals surface area contributed by atoms with E-state index >= 15 is 0 Å². The van der Waals surface area contributed by atoms with Crippen molar-refractivity contribution >= 4 is 33.9 Å². The van der Waals surface area contributed by atoms with Crippen molar-refractivity contribution in [1.82, 2.24) is 4.98 Å². The van der Waals surface area contributed by atoms with Gasteiger partial charge in [0.2, 0.25) is 0 Å². The fourth-order valence-electron chi connectivity index (χ4n) is 1.48. The van der Waals surface area contributed by atoms with Gasteiger partial charge in [0.1, 0.15) is 0 Å². The van der Waals surface area contributed by atoms with Crippen LogP contribution < -0.4 is 0 Å². The third kappa shape index (κ3) is 3.02. The molecule has 0 bridgehead atoms. The van der Waals surface area contributed by atoms with Crippen LogP contribution in [0, 0.1) is 10.5 Å². The topological polar surface area (TPSA) is 33.1 Å². The van der Waals surface area contributed by atoms with E-state index in [0.717, 1.165) is 15.4 Å². The second-order valence-electron chi connectivity index (χ2n) is 3.63. The Kier molecular flexibility index (Phi) is 3.94. The molecule has 1 atom stereocenters. The lowest BCUT2D eigenvalue weighted by molar-refractivity contribution is 0.182. The second-order valence-corrected chi connectivity index (χ2v) is 6.14. The van der Waals surface area contributed by atoms with E-state index in [9.17, 15) is 5.11 Å². The number of aliphatic hydroxyl groups is 1. The van der Waals surface area contributed by atoms with Crippen LogP contribution in [0.4, 0.5) is 0 Å². The molecule has 0 spiro atoms. The molecule has 4 heteroatoms. The van der Waals surface area contributed by atoms with E-state index in [1.54, 1.807) is 17.5 Å². The highest BCUT2D eigenvalue weighted by Gasteiger charge is 2.11. The van der Waals surface area contributed by atoms with E-state index in [1.807, 2.05) is 6.92 Å². The van der Waals surface area contributed by atoms with Gasteiger partial charge in [-0.05, 0) is 47.2 Å². The minimum absolute atomic E-state index is 0.439. The number of rotatable bonds is 3. The molecule has 0 aliphatic rings. The van der Waals surface area contributed by atoms with Crippen LogP contribution in [0.3, 0.4) is 0 Å². The van der Waals surface area contributed by atoms with Gasteiger partial charge in [-0.3, -0.25) is 0 Å². The molecule has 0 amide bonds. The highest BCUT2D eigenvalue weighted by atomic mass is 127. The van der Waals surface area contributed by atoms with E-state index in [1.165, 1.54) is 3.57 Å². The van der Waals surface area contributed by atoms with Crippen LogP contribution in [0.5, 0.6) is 0 Å². The van der Waals surface area contributed by atoms with Crippen molar-refractivity contribution in [2.75, 3.05) is 0 Å². The molecule has 0 saturated heterocycles. The standard InChI is InChI=1S/C12H12INOS/c1-8-14-7-12(16-8)11(15)6-9-2-4-10(13)5-3-9/h2-5,7,11,15H,6H2,1H3. The number of hydrogen-bond donors (Lipinski definition) is 1. The molecule has 84 valence electrons. The smallest absolute Gasteiger partial charge is 0.0938 e. The van der Waals surface area contributed by atoms with Crippen LogP contribution in [-0.4, -0.2) is 10.1 Å². The molecule has 1 aromatic carbocycles. The third-order valence-electron chi connectivity index (χ3n) is 2.31. The van der Waals surface area contributed by atoms with Crippen LogP contribution in [-0.2, 0) is 6.42 Å². The van der Waals surface area contributed by atoms with Gasteiger partial charge in [-0.25, -0.2) is 4.98 Å². The molecule has 0 saturated carbocycles. The van der Waals surface area contributed by atoms with Crippen molar-refractivity contribution in [2.24, 2.45) is 0 Å². The maximum atomic E-state index is 10.0. The summed E-state index contributed by atoms with van der Waals surface area (Å²) in [7, 11) is 0. The number of aryl methyl sites for hydroxylation is 1. The monoisotopic (exact) mass is 345 g/mol. The molecule has 2 aromatic rings. The van der Waals surface area contributed by atoms with Crippen molar-refractivity contribution < 1.29 is 5.11 Å². The van der Waals surface area contributed by atoms with E-state index in [0.29, 0.717) is 6.42 Å². The Morgan fingerprint density at radius 3 is 2.62 bits per heavy atom. The SMILES string of the molecule is Cc1ncc(C(O)Cc2ccc(I)cc2)s1. The predicted octanol–water partition coefficient (Wildman–Crippen LogP) is 3.33. The van der Waals surface area contributed by atoms with E-state index in [-0.39, 0.29) is 0 Å². The summed E-state index contributed by atoms with van der Waals surface area (Å²) in [5, 5.41) is 11.0. The number of halogens is 1. The van der Waals surface area contributed by atoms with Gasteiger partial charge in [0.15, 0.2) is 0 Å². The zero-order valence-corrected chi connectivity index (χ0v) is 11.8. The summed E-state index contributed by atoms with van der Waals surface area (Å²) >= 11 is 3.83. The van der Waals surface area contributed by atoms with Crippen molar-refractivity contribution in [3.63, 3.8) is 0 Å². The molecular formula is C12H12INOS. The van der Waals surface area contributed by atoms with Crippen molar-refractivity contribution in [2.45, 2.75) is 19.4 Å². The summed E-state index contributed by atoms with van der Waals surface area (Å²) in [6.45, 7) is 1.95. The Balaban J connectivity index is 2.07. The number of aliphatic hydroxyl groups excluding tert-OH is 1. The van der Waals surface area contributed by atoms with E-state index in [2.05, 4.69) is 51.8 Å². The number of aromatic nitrogens is 1. The zero-order chi connectivity index (χ0) is 11.5. The van der Waals surface area contributed by atoms with Gasteiger partial charge < -0.3 is 5.11 Å². The minimum atomic E-state index is -0.439. The maximum Gasteiger partial charge on any atom is 0.0938 e. The molecule has 1 N–H and O–H groups in total. The highest BCUT2D eigenvalue weighted by Crippen LogP contribution is 2.23. The van der Waals surface area contributed by atoms with Crippen LogP contribution >= 0.6 is 33.9 Å². The first-order valence-electron chi connectivity index (χ1n) is 5.00. The van der Waals surface area contributed by atoms with Crippen molar-refractivity contribution in [3.05, 3.63) is 49.5 Å². The van der Waals surface area contributed by atoms with Crippen molar-refractivity contribution in [1.29, 1.82) is 0 Å². The normalized spacial score (nSPS) is 12.7. The van der Waals surface area contributed by atoms with Crippen LogP contribution in [0.25, 0.3) is 0 Å². The minimum Gasteiger partial charge on any atom is -0.387 e. The Bertz CT molecular complexity index is 466. The fourth-order valence-corrected chi connectivity index (χ4v) is 2.61. The summed E-state index contributed by atoms with van der Waals surface area (Å²) in [5.74, 6) is 0. The maximum absolute atomic E-state index is 10.0. The Hall–Kier alpha value is -0.460. The van der Waals surface area contributed by atoms with Gasteiger partial charge in [-0.2, -0.15) is 0 Å². The largest absolute Gasteiger partial charge is 0.387 e. The first kappa shape index (κ1) is 12.0. The summed E-state index contributed by atoms with van der Waals surface area (Å²) in [6.07, 6.45) is 1.97. The van der Waals surface area contributed by atoms with Crippen LogP contribution in [0.2, 0.25) is 0 Å². The number of thiazole rings is 1. The lowest BCUT2D eigenvalue weighted by Crippen LogP contribution is -1.99.